The van der Waals surface area contributed by atoms with Crippen LogP contribution in [0.1, 0.15) is 19.4 Å². The second-order valence-corrected chi connectivity index (χ2v) is 10.8. The minimum absolute atomic E-state index is 0.0786. The van der Waals surface area contributed by atoms with Crippen LogP contribution in [0, 0.1) is 6.92 Å². The van der Waals surface area contributed by atoms with Gasteiger partial charge in [0.05, 0.1) is 13.2 Å². The number of hydrogen-bond donors (Lipinski definition) is 3. The third-order valence-electron chi connectivity index (χ3n) is 2.86. The predicted molar refractivity (Wildman–Crippen MR) is 111 cm³/mol. The Hall–Kier alpha value is -0.410. The minimum atomic E-state index is -3.94. The van der Waals surface area contributed by atoms with Crippen molar-refractivity contribution in [3.63, 3.8) is 0 Å². The number of fused-ring (bicyclic) bond motifs is 1. The Morgan fingerprint density at radius 3 is 2.26 bits per heavy atom. The Labute approximate surface area is 171 Å². The van der Waals surface area contributed by atoms with E-state index in [0.29, 0.717) is 30.1 Å². The molecular formula is C14H19ClO8P2S2. The molecule has 0 amide bonds. The summed E-state index contributed by atoms with van der Waals surface area (Å²) in [5.41, 5.74) is 0.449. The molecule has 0 unspecified atom stereocenters. The number of thiol groups is 1. The standard InChI is InChI=1S/C14H16ClO5PS.H3O3PS/c1-4-17-21(22,18-5-2)20-10-6-7-11-9(3)13(15)14(16)19-12(11)8-10;1-4(2,3)5/h6-8H,4-5H2,1-3H3;(H3,1,2,3,5). The van der Waals surface area contributed by atoms with Crippen molar-refractivity contribution in [1.29, 1.82) is 0 Å². The van der Waals surface area contributed by atoms with E-state index in [0.717, 1.165) is 5.39 Å². The summed E-state index contributed by atoms with van der Waals surface area (Å²) in [6.45, 7) is -0.658. The molecule has 0 aliphatic carbocycles. The fraction of sp³-hybridized carbons (Fsp3) is 0.357. The van der Waals surface area contributed by atoms with Gasteiger partial charge in [-0.25, -0.2) is 9.36 Å². The van der Waals surface area contributed by atoms with Crippen LogP contribution in [0.2, 0.25) is 5.02 Å². The summed E-state index contributed by atoms with van der Waals surface area (Å²) in [6, 6.07) is 5.05. The molecule has 0 radical (unpaired) electrons. The van der Waals surface area contributed by atoms with Crippen LogP contribution in [0.25, 0.3) is 11.0 Å². The van der Waals surface area contributed by atoms with E-state index in [1.165, 1.54) is 0 Å². The van der Waals surface area contributed by atoms with Gasteiger partial charge in [0.1, 0.15) is 16.4 Å². The van der Waals surface area contributed by atoms with Crippen LogP contribution in [-0.2, 0) is 25.4 Å². The van der Waals surface area contributed by atoms with Gasteiger partial charge in [-0.3, -0.25) is 9.05 Å². The fourth-order valence-electron chi connectivity index (χ4n) is 1.90. The van der Waals surface area contributed by atoms with Crippen LogP contribution in [0.15, 0.2) is 27.4 Å². The maximum atomic E-state index is 11.7. The van der Waals surface area contributed by atoms with Crippen LogP contribution < -0.4 is 10.1 Å². The first kappa shape index (κ1) is 24.6. The summed E-state index contributed by atoms with van der Waals surface area (Å²) in [4.78, 5) is 26.6. The summed E-state index contributed by atoms with van der Waals surface area (Å²) in [5.74, 6) is 0.419. The summed E-state index contributed by atoms with van der Waals surface area (Å²) >= 11 is 14.0. The molecule has 8 nitrogen and oxygen atoms in total. The Morgan fingerprint density at radius 1 is 1.26 bits per heavy atom. The van der Waals surface area contributed by atoms with E-state index < -0.39 is 19.1 Å². The van der Waals surface area contributed by atoms with Crippen molar-refractivity contribution in [3.8, 4) is 5.75 Å². The van der Waals surface area contributed by atoms with E-state index in [1.807, 2.05) is 13.8 Å². The zero-order chi connectivity index (χ0) is 20.8. The highest BCUT2D eigenvalue weighted by Crippen LogP contribution is 2.50. The van der Waals surface area contributed by atoms with Gasteiger partial charge in [-0.15, -0.1) is 0 Å². The van der Waals surface area contributed by atoms with Crippen LogP contribution in [0.5, 0.6) is 5.75 Å². The molecule has 0 aliphatic rings. The largest absolute Gasteiger partial charge is 0.424 e. The van der Waals surface area contributed by atoms with Crippen molar-refractivity contribution < 1.29 is 32.3 Å². The number of rotatable bonds is 6. The Balaban J connectivity index is 0.000000646. The molecule has 0 fully saturated rings. The van der Waals surface area contributed by atoms with Gasteiger partial charge >= 0.3 is 19.1 Å². The number of benzene rings is 1. The second-order valence-electron chi connectivity index (χ2n) is 4.87. The maximum Gasteiger partial charge on any atom is 0.380 e. The average molecular weight is 477 g/mol. The Kier molecular flexibility index (Phi) is 9.48. The zero-order valence-electron chi connectivity index (χ0n) is 14.6. The van der Waals surface area contributed by atoms with Crippen molar-refractivity contribution in [1.82, 2.24) is 0 Å². The van der Waals surface area contributed by atoms with Gasteiger partial charge in [0.15, 0.2) is 0 Å². The Morgan fingerprint density at radius 2 is 1.78 bits per heavy atom. The minimum Gasteiger partial charge on any atom is -0.424 e. The average Bonchev–Trinajstić information content (AvgIpc) is 2.51. The molecule has 1 aromatic heterocycles. The van der Waals surface area contributed by atoms with Gasteiger partial charge in [-0.2, -0.15) is 0 Å². The van der Waals surface area contributed by atoms with Gasteiger partial charge in [-0.1, -0.05) is 23.8 Å². The zero-order valence-corrected chi connectivity index (χ0v) is 18.9. The van der Waals surface area contributed by atoms with Crippen molar-refractivity contribution in [3.05, 3.63) is 39.2 Å². The van der Waals surface area contributed by atoms with Crippen molar-refractivity contribution >= 4 is 60.1 Å². The topological polar surface area (TPSA) is 115 Å². The first-order chi connectivity index (χ1) is 12.4. The van der Waals surface area contributed by atoms with Crippen molar-refractivity contribution in [2.75, 3.05) is 13.2 Å². The van der Waals surface area contributed by atoms with Gasteiger partial charge in [0.25, 0.3) is 0 Å². The molecule has 152 valence electrons. The molecule has 2 aromatic rings. The normalized spacial score (nSPS) is 11.8. The lowest BCUT2D eigenvalue weighted by Crippen LogP contribution is -2.03. The van der Waals surface area contributed by atoms with Crippen molar-refractivity contribution in [2.45, 2.75) is 20.8 Å². The molecule has 27 heavy (non-hydrogen) atoms. The second kappa shape index (κ2) is 10.4. The van der Waals surface area contributed by atoms with Gasteiger partial charge in [-0.05, 0) is 38.5 Å². The smallest absolute Gasteiger partial charge is 0.380 e. The molecule has 1 aromatic carbocycles. The van der Waals surface area contributed by atoms with E-state index in [4.69, 9.17) is 51.2 Å². The highest BCUT2D eigenvalue weighted by molar-refractivity contribution is 8.43. The monoisotopic (exact) mass is 476 g/mol. The molecular weight excluding hydrogens is 458 g/mol. The number of aryl methyl sites for hydroxylation is 1. The molecule has 0 spiro atoms. The third kappa shape index (κ3) is 8.23. The molecule has 0 saturated heterocycles. The molecule has 1 heterocycles. The molecule has 2 rings (SSSR count). The first-order valence-electron chi connectivity index (χ1n) is 7.50. The molecule has 0 aliphatic heterocycles. The van der Waals surface area contributed by atoms with E-state index in [1.54, 1.807) is 25.1 Å². The van der Waals surface area contributed by atoms with Crippen LogP contribution in [0.4, 0.5) is 0 Å². The highest BCUT2D eigenvalue weighted by atomic mass is 35.5. The van der Waals surface area contributed by atoms with E-state index in [9.17, 15) is 9.36 Å². The number of halogens is 1. The van der Waals surface area contributed by atoms with Crippen LogP contribution >= 0.6 is 37.4 Å². The number of hydrogen-bond acceptors (Lipinski definition) is 7. The molecule has 13 heteroatoms. The molecule has 0 bridgehead atoms. The summed E-state index contributed by atoms with van der Waals surface area (Å²) in [5, 5.41) is 0.813. The van der Waals surface area contributed by atoms with Crippen LogP contribution in [-0.4, -0.2) is 23.0 Å². The van der Waals surface area contributed by atoms with Gasteiger partial charge < -0.3 is 18.7 Å². The molecule has 2 N–H and O–H groups in total. The molecule has 0 atom stereocenters. The maximum absolute atomic E-state index is 11.7. The summed E-state index contributed by atoms with van der Waals surface area (Å²) in [7, 11) is 0. The summed E-state index contributed by atoms with van der Waals surface area (Å²) < 4.78 is 30.9. The van der Waals surface area contributed by atoms with E-state index in [-0.39, 0.29) is 5.02 Å². The van der Waals surface area contributed by atoms with Gasteiger partial charge in [0, 0.05) is 23.3 Å². The first-order valence-corrected chi connectivity index (χ1v) is 13.2. The third-order valence-corrected chi connectivity index (χ3v) is 5.74. The van der Waals surface area contributed by atoms with Crippen LogP contribution in [0.3, 0.4) is 0 Å². The molecule has 0 saturated carbocycles. The fourth-order valence-corrected chi connectivity index (χ4v) is 4.12. The quantitative estimate of drug-likeness (QED) is 0.316. The summed E-state index contributed by atoms with van der Waals surface area (Å²) in [6.07, 6.45) is 0. The predicted octanol–water partition coefficient (Wildman–Crippen LogP) is 4.44. The lowest BCUT2D eigenvalue weighted by atomic mass is 10.1. The Bertz CT molecular complexity index is 924. The van der Waals surface area contributed by atoms with Gasteiger partial charge in [0.2, 0.25) is 0 Å². The SMILES string of the molecule is CCOP(=S)(OCC)Oc1ccc2c(C)c(Cl)c(=O)oc2c1.O=P(O)(O)S. The van der Waals surface area contributed by atoms with Crippen molar-refractivity contribution in [2.24, 2.45) is 0 Å². The van der Waals surface area contributed by atoms with E-state index >= 15 is 0 Å². The van der Waals surface area contributed by atoms with E-state index in [2.05, 4.69) is 12.2 Å². The lowest BCUT2D eigenvalue weighted by molar-refractivity contribution is 0.218. The highest BCUT2D eigenvalue weighted by Gasteiger charge is 2.21. The lowest BCUT2D eigenvalue weighted by Gasteiger charge is -2.21.